The Morgan fingerprint density at radius 2 is 1.56 bits per heavy atom. The van der Waals surface area contributed by atoms with Crippen molar-refractivity contribution in [2.75, 3.05) is 21.3 Å². The second-order valence-electron chi connectivity index (χ2n) is 3.68. The summed E-state index contributed by atoms with van der Waals surface area (Å²) in [5, 5.41) is 0. The third-order valence-corrected chi connectivity index (χ3v) is 2.69. The van der Waals surface area contributed by atoms with Gasteiger partial charge in [-0.1, -0.05) is 24.3 Å². The second-order valence-corrected chi connectivity index (χ2v) is 3.68. The molecule has 3 nitrogen and oxygen atoms in total. The predicted octanol–water partition coefficient (Wildman–Crippen LogP) is 3.18. The summed E-state index contributed by atoms with van der Waals surface area (Å²) in [6.45, 7) is 0. The topological polar surface area (TPSA) is 27.7 Å². The first kappa shape index (κ1) is 12.3. The standard InChI is InChI=1S/C15H15O3/c1-16-12-9-13(17-2)15(14(10-12)18-3)11-7-5-4-6-8-11/h4-7,9-10H,1-3H3. The first-order valence-corrected chi connectivity index (χ1v) is 5.57. The summed E-state index contributed by atoms with van der Waals surface area (Å²) in [5.41, 5.74) is 1.80. The van der Waals surface area contributed by atoms with Gasteiger partial charge in [0.1, 0.15) is 17.2 Å². The molecule has 18 heavy (non-hydrogen) atoms. The Bertz CT molecular complexity index is 496. The van der Waals surface area contributed by atoms with E-state index in [9.17, 15) is 0 Å². The highest BCUT2D eigenvalue weighted by molar-refractivity contribution is 5.77. The minimum Gasteiger partial charge on any atom is -0.496 e. The van der Waals surface area contributed by atoms with Gasteiger partial charge in [-0.15, -0.1) is 0 Å². The summed E-state index contributed by atoms with van der Waals surface area (Å²) < 4.78 is 16.0. The molecule has 2 aromatic carbocycles. The minimum atomic E-state index is 0.698. The van der Waals surface area contributed by atoms with E-state index in [2.05, 4.69) is 6.07 Å². The fourth-order valence-electron chi connectivity index (χ4n) is 1.82. The molecule has 0 atom stereocenters. The maximum Gasteiger partial charge on any atom is 0.134 e. The van der Waals surface area contributed by atoms with E-state index >= 15 is 0 Å². The van der Waals surface area contributed by atoms with Gasteiger partial charge in [0.2, 0.25) is 0 Å². The van der Waals surface area contributed by atoms with Crippen molar-refractivity contribution in [3.8, 4) is 28.4 Å². The third kappa shape index (κ3) is 2.25. The van der Waals surface area contributed by atoms with E-state index < -0.39 is 0 Å². The van der Waals surface area contributed by atoms with Gasteiger partial charge in [0.15, 0.2) is 0 Å². The molecule has 0 aliphatic heterocycles. The van der Waals surface area contributed by atoms with Crippen LogP contribution >= 0.6 is 0 Å². The van der Waals surface area contributed by atoms with Crippen molar-refractivity contribution in [1.29, 1.82) is 0 Å². The second kappa shape index (κ2) is 5.45. The van der Waals surface area contributed by atoms with E-state index in [1.165, 1.54) is 0 Å². The highest BCUT2D eigenvalue weighted by Crippen LogP contribution is 2.41. The van der Waals surface area contributed by atoms with Gasteiger partial charge >= 0.3 is 0 Å². The zero-order valence-corrected chi connectivity index (χ0v) is 10.7. The largest absolute Gasteiger partial charge is 0.496 e. The van der Waals surface area contributed by atoms with Crippen molar-refractivity contribution >= 4 is 0 Å². The first-order valence-electron chi connectivity index (χ1n) is 5.57. The van der Waals surface area contributed by atoms with Gasteiger partial charge in [0.05, 0.1) is 26.9 Å². The lowest BCUT2D eigenvalue weighted by molar-refractivity contribution is 0.377. The van der Waals surface area contributed by atoms with Crippen molar-refractivity contribution in [3.63, 3.8) is 0 Å². The van der Waals surface area contributed by atoms with Crippen molar-refractivity contribution < 1.29 is 14.2 Å². The number of methoxy groups -OCH3 is 3. The average Bonchev–Trinajstić information content (AvgIpc) is 2.46. The fourth-order valence-corrected chi connectivity index (χ4v) is 1.82. The molecule has 93 valence electrons. The summed E-state index contributed by atoms with van der Waals surface area (Å²) in [7, 11) is 4.86. The predicted molar refractivity (Wildman–Crippen MR) is 70.4 cm³/mol. The smallest absolute Gasteiger partial charge is 0.134 e. The van der Waals surface area contributed by atoms with Gasteiger partial charge in [-0.25, -0.2) is 0 Å². The van der Waals surface area contributed by atoms with Crippen LogP contribution in [0.1, 0.15) is 0 Å². The Morgan fingerprint density at radius 3 is 2.00 bits per heavy atom. The number of rotatable bonds is 4. The lowest BCUT2D eigenvalue weighted by Gasteiger charge is -2.14. The van der Waals surface area contributed by atoms with Crippen molar-refractivity contribution in [3.05, 3.63) is 42.5 Å². The molecule has 0 heterocycles. The van der Waals surface area contributed by atoms with Gasteiger partial charge in [-0.3, -0.25) is 0 Å². The molecule has 0 fully saturated rings. The highest BCUT2D eigenvalue weighted by atomic mass is 16.5. The van der Waals surface area contributed by atoms with Crippen LogP contribution in [0.15, 0.2) is 36.4 Å². The lowest BCUT2D eigenvalue weighted by atomic mass is 10.0. The molecular formula is C15H15O3. The Balaban J connectivity index is 2.64. The molecule has 0 saturated carbocycles. The van der Waals surface area contributed by atoms with Gasteiger partial charge in [-0.05, 0) is 11.6 Å². The van der Waals surface area contributed by atoms with Crippen LogP contribution in [0.25, 0.3) is 11.1 Å². The molecule has 0 N–H and O–H groups in total. The van der Waals surface area contributed by atoms with E-state index in [1.807, 2.05) is 36.4 Å². The molecule has 0 saturated heterocycles. The van der Waals surface area contributed by atoms with Crippen LogP contribution in [0.4, 0.5) is 0 Å². The monoisotopic (exact) mass is 243 g/mol. The summed E-state index contributed by atoms with van der Waals surface area (Å²) >= 11 is 0. The zero-order valence-electron chi connectivity index (χ0n) is 10.7. The summed E-state index contributed by atoms with van der Waals surface area (Å²) in [4.78, 5) is 0. The van der Waals surface area contributed by atoms with E-state index in [1.54, 1.807) is 21.3 Å². The average molecular weight is 243 g/mol. The molecule has 0 unspecified atom stereocenters. The van der Waals surface area contributed by atoms with Crippen LogP contribution in [0.2, 0.25) is 0 Å². The Morgan fingerprint density at radius 1 is 0.889 bits per heavy atom. The highest BCUT2D eigenvalue weighted by Gasteiger charge is 2.14. The van der Waals surface area contributed by atoms with E-state index in [0.29, 0.717) is 17.2 Å². The molecule has 2 aromatic rings. The van der Waals surface area contributed by atoms with Crippen LogP contribution in [0.3, 0.4) is 0 Å². The normalized spacial score (nSPS) is 9.94. The molecule has 3 heteroatoms. The van der Waals surface area contributed by atoms with Crippen LogP contribution in [0.5, 0.6) is 17.2 Å². The van der Waals surface area contributed by atoms with Crippen LogP contribution in [-0.2, 0) is 0 Å². The van der Waals surface area contributed by atoms with Gasteiger partial charge in [0.25, 0.3) is 0 Å². The Kier molecular flexibility index (Phi) is 3.72. The first-order chi connectivity index (χ1) is 8.80. The molecule has 1 radical (unpaired) electrons. The van der Waals surface area contributed by atoms with Crippen molar-refractivity contribution in [1.82, 2.24) is 0 Å². The zero-order chi connectivity index (χ0) is 13.0. The van der Waals surface area contributed by atoms with Crippen LogP contribution in [-0.4, -0.2) is 21.3 Å². The molecule has 0 aliphatic rings. The minimum absolute atomic E-state index is 0.698. The molecule has 2 rings (SSSR count). The van der Waals surface area contributed by atoms with E-state index in [0.717, 1.165) is 11.1 Å². The molecule has 0 amide bonds. The SMILES string of the molecule is COc1cc(OC)c(-c2[c]cccc2)c(OC)c1. The van der Waals surface area contributed by atoms with E-state index in [-0.39, 0.29) is 0 Å². The number of ether oxygens (including phenoxy) is 3. The van der Waals surface area contributed by atoms with Gasteiger partial charge < -0.3 is 14.2 Å². The van der Waals surface area contributed by atoms with Crippen molar-refractivity contribution in [2.24, 2.45) is 0 Å². The summed E-state index contributed by atoms with van der Waals surface area (Å²) in [6, 6.07) is 14.5. The summed E-state index contributed by atoms with van der Waals surface area (Å²) in [6.07, 6.45) is 0. The number of hydrogen-bond acceptors (Lipinski definition) is 3. The molecular weight excluding hydrogens is 228 g/mol. The summed E-state index contributed by atoms with van der Waals surface area (Å²) in [5.74, 6) is 2.10. The number of benzene rings is 2. The maximum absolute atomic E-state index is 5.40. The molecule has 0 bridgehead atoms. The molecule has 0 aromatic heterocycles. The van der Waals surface area contributed by atoms with Crippen LogP contribution < -0.4 is 14.2 Å². The quantitative estimate of drug-likeness (QED) is 0.825. The Hall–Kier alpha value is -2.16. The maximum atomic E-state index is 5.40. The third-order valence-electron chi connectivity index (χ3n) is 2.69. The lowest BCUT2D eigenvalue weighted by Crippen LogP contribution is -1.95. The fraction of sp³-hybridized carbons (Fsp3) is 0.200. The molecule has 0 spiro atoms. The molecule has 0 aliphatic carbocycles. The van der Waals surface area contributed by atoms with Crippen molar-refractivity contribution in [2.45, 2.75) is 0 Å². The Labute approximate surface area is 107 Å². The number of hydrogen-bond donors (Lipinski definition) is 0. The van der Waals surface area contributed by atoms with Crippen LogP contribution in [0, 0.1) is 6.07 Å². The van der Waals surface area contributed by atoms with Gasteiger partial charge in [0, 0.05) is 12.1 Å². The van der Waals surface area contributed by atoms with E-state index in [4.69, 9.17) is 14.2 Å². The van der Waals surface area contributed by atoms with Gasteiger partial charge in [-0.2, -0.15) is 0 Å².